The van der Waals surface area contributed by atoms with Gasteiger partial charge in [0.2, 0.25) is 5.04 Å². The number of rotatable bonds is 1. The van der Waals surface area contributed by atoms with Crippen LogP contribution in [0.3, 0.4) is 0 Å². The van der Waals surface area contributed by atoms with Crippen molar-refractivity contribution in [3.63, 3.8) is 0 Å². The molecule has 0 amide bonds. The molecule has 24 heavy (non-hydrogen) atoms. The molecular formula is C15H14BF2NO4S. The van der Waals surface area contributed by atoms with Crippen molar-refractivity contribution in [1.29, 1.82) is 0 Å². The molecule has 0 aromatic carbocycles. The SMILES string of the molecule is Cc1cc2c(c(=O)o1)/C(=C\C=C1/C=CC(=[N+](C)C)S1)O[B-](F)(F)O2. The molecule has 0 spiro atoms. The second kappa shape index (κ2) is 5.97. The number of nitrogens with zero attached hydrogens (tertiary/aromatic N) is 1. The van der Waals surface area contributed by atoms with Gasteiger partial charge in [0.15, 0.2) is 0 Å². The zero-order valence-electron chi connectivity index (χ0n) is 13.2. The lowest BCUT2D eigenvalue weighted by molar-refractivity contribution is -0.460. The fourth-order valence-electron chi connectivity index (χ4n) is 2.23. The maximum atomic E-state index is 13.7. The van der Waals surface area contributed by atoms with E-state index < -0.39 is 12.7 Å². The molecule has 0 unspecified atom stereocenters. The summed E-state index contributed by atoms with van der Waals surface area (Å²) in [5, 5.41) is 1.01. The lowest BCUT2D eigenvalue weighted by atomic mass is 10.1. The lowest BCUT2D eigenvalue weighted by Crippen LogP contribution is -2.40. The highest BCUT2D eigenvalue weighted by Gasteiger charge is 2.40. The Morgan fingerprint density at radius 1 is 1.21 bits per heavy atom. The van der Waals surface area contributed by atoms with Gasteiger partial charge in [-0.05, 0) is 36.9 Å². The summed E-state index contributed by atoms with van der Waals surface area (Å²) in [6.07, 6.45) is 6.68. The third-order valence-electron chi connectivity index (χ3n) is 3.27. The highest BCUT2D eigenvalue weighted by Crippen LogP contribution is 2.36. The number of hydrogen-bond donors (Lipinski definition) is 0. The molecular weight excluding hydrogens is 339 g/mol. The van der Waals surface area contributed by atoms with Gasteiger partial charge in [0, 0.05) is 17.0 Å². The first-order valence-corrected chi connectivity index (χ1v) is 7.92. The van der Waals surface area contributed by atoms with Gasteiger partial charge >= 0.3 is 12.7 Å². The van der Waals surface area contributed by atoms with Crippen molar-refractivity contribution < 1.29 is 26.9 Å². The molecule has 3 heterocycles. The van der Waals surface area contributed by atoms with E-state index in [1.54, 1.807) is 6.08 Å². The van der Waals surface area contributed by atoms with Crippen molar-refractivity contribution in [2.24, 2.45) is 0 Å². The van der Waals surface area contributed by atoms with Gasteiger partial charge in [-0.25, -0.2) is 9.37 Å². The maximum Gasteiger partial charge on any atom is 0.725 e. The number of fused-ring (bicyclic) bond motifs is 1. The number of thioether (sulfide) groups is 1. The first-order valence-electron chi connectivity index (χ1n) is 7.10. The summed E-state index contributed by atoms with van der Waals surface area (Å²) in [7, 11) is -0.726. The van der Waals surface area contributed by atoms with Crippen LogP contribution in [0.1, 0.15) is 11.3 Å². The fourth-order valence-corrected chi connectivity index (χ4v) is 3.06. The highest BCUT2D eigenvalue weighted by molar-refractivity contribution is 8.18. The Hall–Kier alpha value is -2.29. The van der Waals surface area contributed by atoms with Gasteiger partial charge < -0.3 is 22.4 Å². The molecule has 2 aliphatic rings. The van der Waals surface area contributed by atoms with Gasteiger partial charge in [-0.2, -0.15) is 0 Å². The monoisotopic (exact) mass is 353 g/mol. The Kier molecular flexibility index (Phi) is 4.12. The Morgan fingerprint density at radius 2 is 1.96 bits per heavy atom. The number of aryl methyl sites for hydroxylation is 1. The summed E-state index contributed by atoms with van der Waals surface area (Å²) in [4.78, 5) is 12.8. The number of halogens is 2. The largest absolute Gasteiger partial charge is 0.725 e. The molecule has 0 fully saturated rings. The molecule has 0 N–H and O–H groups in total. The van der Waals surface area contributed by atoms with Gasteiger partial charge in [-0.15, -0.1) is 0 Å². The summed E-state index contributed by atoms with van der Waals surface area (Å²) >= 11 is 1.47. The summed E-state index contributed by atoms with van der Waals surface area (Å²) in [6, 6.07) is 1.25. The van der Waals surface area contributed by atoms with E-state index in [0.29, 0.717) is 0 Å². The van der Waals surface area contributed by atoms with E-state index in [0.717, 1.165) is 9.95 Å². The zero-order valence-corrected chi connectivity index (χ0v) is 14.0. The van der Waals surface area contributed by atoms with Gasteiger partial charge in [0.1, 0.15) is 25.4 Å². The van der Waals surface area contributed by atoms with E-state index in [2.05, 4.69) is 9.31 Å². The topological polar surface area (TPSA) is 51.7 Å². The minimum Gasteiger partial charge on any atom is -0.627 e. The van der Waals surface area contributed by atoms with Crippen LogP contribution in [0.5, 0.6) is 5.75 Å². The minimum atomic E-state index is -4.54. The van der Waals surface area contributed by atoms with Crippen molar-refractivity contribution in [2.45, 2.75) is 6.92 Å². The summed E-state index contributed by atoms with van der Waals surface area (Å²) in [5.41, 5.74) is -0.926. The molecule has 0 bridgehead atoms. The van der Waals surface area contributed by atoms with Crippen LogP contribution in [-0.2, 0) is 4.65 Å². The molecule has 5 nitrogen and oxygen atoms in total. The number of allylic oxidation sites excluding steroid dienone is 3. The summed E-state index contributed by atoms with van der Waals surface area (Å²) in [6.45, 7) is 1.48. The molecule has 0 aliphatic carbocycles. The Balaban J connectivity index is 2.02. The van der Waals surface area contributed by atoms with Gasteiger partial charge in [-0.3, -0.25) is 0 Å². The smallest absolute Gasteiger partial charge is 0.627 e. The third kappa shape index (κ3) is 3.30. The minimum absolute atomic E-state index is 0.144. The van der Waals surface area contributed by atoms with E-state index in [1.807, 2.05) is 30.8 Å². The molecule has 0 atom stereocenters. The maximum absolute atomic E-state index is 13.7. The summed E-state index contributed by atoms with van der Waals surface area (Å²) < 4.78 is 43.3. The Morgan fingerprint density at radius 3 is 2.62 bits per heavy atom. The van der Waals surface area contributed by atoms with E-state index in [4.69, 9.17) is 4.42 Å². The normalized spacial score (nSPS) is 21.6. The molecule has 0 radical (unpaired) electrons. The van der Waals surface area contributed by atoms with E-state index in [-0.39, 0.29) is 22.8 Å². The average Bonchev–Trinajstić information content (AvgIpc) is 2.91. The van der Waals surface area contributed by atoms with E-state index in [1.165, 1.54) is 30.8 Å². The van der Waals surface area contributed by atoms with Crippen molar-refractivity contribution in [3.05, 3.63) is 57.0 Å². The molecule has 9 heteroatoms. The summed E-state index contributed by atoms with van der Waals surface area (Å²) in [5.74, 6) is -0.320. The molecule has 1 aromatic rings. The first kappa shape index (κ1) is 16.6. The molecule has 0 saturated heterocycles. The third-order valence-corrected chi connectivity index (χ3v) is 4.48. The highest BCUT2D eigenvalue weighted by atomic mass is 32.2. The standard InChI is InChI=1S/C15H14BF2NO4S/c1-9-8-12-14(15(20)21-9)11(22-16(17,18)23-12)6-4-10-5-7-13(24-10)19(2)3/h4-8H,1-3H3/b10-4+,11-6+. The van der Waals surface area contributed by atoms with Crippen molar-refractivity contribution >= 4 is 29.7 Å². The number of hydrogen-bond acceptors (Lipinski definition) is 5. The second-order valence-corrected chi connectivity index (χ2v) is 6.52. The van der Waals surface area contributed by atoms with Crippen LogP contribution in [0, 0.1) is 6.92 Å². The van der Waals surface area contributed by atoms with Crippen LogP contribution in [-0.4, -0.2) is 30.8 Å². The van der Waals surface area contributed by atoms with Crippen molar-refractivity contribution in [2.75, 3.05) is 14.1 Å². The van der Waals surface area contributed by atoms with Crippen LogP contribution >= 0.6 is 11.8 Å². The lowest BCUT2D eigenvalue weighted by Gasteiger charge is -2.35. The van der Waals surface area contributed by atoms with Crippen LogP contribution < -0.4 is 10.3 Å². The van der Waals surface area contributed by atoms with Crippen molar-refractivity contribution in [3.8, 4) is 5.75 Å². The molecule has 0 saturated carbocycles. The molecule has 1 aromatic heterocycles. The second-order valence-electron chi connectivity index (χ2n) is 5.42. The van der Waals surface area contributed by atoms with Crippen LogP contribution in [0.15, 0.2) is 44.5 Å². The fraction of sp³-hybridized carbons (Fsp3) is 0.200. The Bertz CT molecular complexity index is 882. The predicted octanol–water partition coefficient (Wildman–Crippen LogP) is 2.93. The molecule has 126 valence electrons. The van der Waals surface area contributed by atoms with Gasteiger partial charge in [0.25, 0.3) is 0 Å². The van der Waals surface area contributed by atoms with Crippen LogP contribution in [0.4, 0.5) is 8.63 Å². The van der Waals surface area contributed by atoms with Gasteiger partial charge in [-0.1, -0.05) is 0 Å². The molecule has 3 rings (SSSR count). The quantitative estimate of drug-likeness (QED) is 0.574. The van der Waals surface area contributed by atoms with E-state index in [9.17, 15) is 13.4 Å². The van der Waals surface area contributed by atoms with Crippen molar-refractivity contribution in [1.82, 2.24) is 0 Å². The van der Waals surface area contributed by atoms with Gasteiger partial charge in [0.05, 0.1) is 11.5 Å². The predicted molar refractivity (Wildman–Crippen MR) is 89.3 cm³/mol. The van der Waals surface area contributed by atoms with Crippen LogP contribution in [0.25, 0.3) is 5.76 Å². The first-order chi connectivity index (χ1) is 11.2. The molecule has 2 aliphatic heterocycles. The van der Waals surface area contributed by atoms with E-state index >= 15 is 0 Å². The van der Waals surface area contributed by atoms with Crippen LogP contribution in [0.2, 0.25) is 0 Å². The Labute approximate surface area is 141 Å². The average molecular weight is 353 g/mol. The zero-order chi connectivity index (χ0) is 17.5.